The van der Waals surface area contributed by atoms with Crippen molar-refractivity contribution < 1.29 is 13.8 Å². The normalized spacial score (nSPS) is 13.2. The number of amides is 1. The van der Waals surface area contributed by atoms with E-state index in [4.69, 9.17) is 20.5 Å². The first-order chi connectivity index (χ1) is 15.0. The van der Waals surface area contributed by atoms with Crippen molar-refractivity contribution in [2.45, 2.75) is 32.6 Å². The lowest BCUT2D eigenvalue weighted by Crippen LogP contribution is -2.15. The Kier molecular flexibility index (Phi) is 4.58. The predicted octanol–water partition coefficient (Wildman–Crippen LogP) is 3.87. The van der Waals surface area contributed by atoms with Gasteiger partial charge in [-0.15, -0.1) is 0 Å². The van der Waals surface area contributed by atoms with Gasteiger partial charge in [0.1, 0.15) is 0 Å². The molecule has 4 N–H and O–H groups in total. The number of carbonyl (C=O) groups excluding carboxylic acids is 1. The maximum absolute atomic E-state index is 11.2. The lowest BCUT2D eigenvalue weighted by atomic mass is 9.88. The molecule has 1 amide bonds. The molecular formula is C24H22N4O3. The molecule has 0 spiro atoms. The minimum atomic E-state index is -0.522. The van der Waals surface area contributed by atoms with Crippen LogP contribution in [0.25, 0.3) is 22.6 Å². The summed E-state index contributed by atoms with van der Waals surface area (Å²) in [7, 11) is 0. The number of aromatic nitrogens is 2. The topological polar surface area (TPSA) is 121 Å². The fraction of sp³-hybridized carbons (Fsp3) is 0.208. The van der Waals surface area contributed by atoms with Crippen molar-refractivity contribution in [2.75, 3.05) is 5.73 Å². The maximum atomic E-state index is 11.2. The average Bonchev–Trinajstić information content (AvgIpc) is 3.38. The Morgan fingerprint density at radius 1 is 0.871 bits per heavy atom. The van der Waals surface area contributed by atoms with Gasteiger partial charge in [0.15, 0.2) is 23.0 Å². The van der Waals surface area contributed by atoms with Crippen LogP contribution in [0.5, 0.6) is 0 Å². The third-order valence-electron chi connectivity index (χ3n) is 5.90. The van der Waals surface area contributed by atoms with E-state index in [-0.39, 0.29) is 5.69 Å². The smallest absolute Gasteiger partial charge is 0.271 e. The fourth-order valence-electron chi connectivity index (χ4n) is 4.32. The summed E-state index contributed by atoms with van der Waals surface area (Å²) >= 11 is 0. The highest BCUT2D eigenvalue weighted by Crippen LogP contribution is 2.36. The van der Waals surface area contributed by atoms with Gasteiger partial charge in [0.2, 0.25) is 0 Å². The van der Waals surface area contributed by atoms with Crippen molar-refractivity contribution in [2.24, 2.45) is 5.73 Å². The highest BCUT2D eigenvalue weighted by atomic mass is 16.5. The van der Waals surface area contributed by atoms with Crippen LogP contribution in [0.3, 0.4) is 0 Å². The summed E-state index contributed by atoms with van der Waals surface area (Å²) in [6.07, 6.45) is 3.60. The first kappa shape index (κ1) is 19.1. The summed E-state index contributed by atoms with van der Waals surface area (Å²) in [5, 5.41) is 7.58. The molecule has 2 heterocycles. The van der Waals surface area contributed by atoms with Crippen molar-refractivity contribution in [3.63, 3.8) is 0 Å². The SMILES string of the molecule is Cc1ccc2c(c1)-c1onc(C(N)=O)c1CC2.Nc1noc2c1CCc1ccccc1-2. The van der Waals surface area contributed by atoms with E-state index in [2.05, 4.69) is 40.6 Å². The average molecular weight is 414 g/mol. The summed E-state index contributed by atoms with van der Waals surface area (Å²) in [6, 6.07) is 14.5. The molecule has 2 aromatic heterocycles. The highest BCUT2D eigenvalue weighted by molar-refractivity contribution is 5.94. The molecule has 0 atom stereocenters. The second kappa shape index (κ2) is 7.43. The molecule has 7 nitrogen and oxygen atoms in total. The second-order valence-electron chi connectivity index (χ2n) is 7.90. The van der Waals surface area contributed by atoms with E-state index in [1.807, 2.05) is 19.1 Å². The van der Waals surface area contributed by atoms with Crippen LogP contribution in [0, 0.1) is 6.92 Å². The number of aryl methyl sites for hydroxylation is 3. The number of benzene rings is 2. The van der Waals surface area contributed by atoms with Gasteiger partial charge in [0.25, 0.3) is 5.91 Å². The Hall–Kier alpha value is -3.87. The van der Waals surface area contributed by atoms with E-state index in [0.717, 1.165) is 59.3 Å². The van der Waals surface area contributed by atoms with E-state index >= 15 is 0 Å². The Labute approximate surface area is 179 Å². The van der Waals surface area contributed by atoms with Crippen LogP contribution >= 0.6 is 0 Å². The molecule has 0 fully saturated rings. The van der Waals surface area contributed by atoms with Gasteiger partial charge in [-0.2, -0.15) is 0 Å². The van der Waals surface area contributed by atoms with E-state index in [0.29, 0.717) is 11.6 Å². The Bertz CT molecular complexity index is 1300. The molecule has 6 rings (SSSR count). The van der Waals surface area contributed by atoms with Crippen LogP contribution < -0.4 is 11.5 Å². The quantitative estimate of drug-likeness (QED) is 0.488. The number of carbonyl (C=O) groups is 1. The molecule has 0 saturated carbocycles. The van der Waals surface area contributed by atoms with Gasteiger partial charge < -0.3 is 20.5 Å². The molecule has 156 valence electrons. The fourth-order valence-corrected chi connectivity index (χ4v) is 4.32. The summed E-state index contributed by atoms with van der Waals surface area (Å²) in [4.78, 5) is 11.2. The summed E-state index contributed by atoms with van der Waals surface area (Å²) in [5.74, 6) is 1.56. The molecule has 4 aromatic rings. The molecule has 0 radical (unpaired) electrons. The lowest BCUT2D eigenvalue weighted by molar-refractivity contribution is 0.0991. The van der Waals surface area contributed by atoms with Crippen LogP contribution in [0.4, 0.5) is 5.82 Å². The molecule has 31 heavy (non-hydrogen) atoms. The summed E-state index contributed by atoms with van der Waals surface area (Å²) < 4.78 is 10.5. The lowest BCUT2D eigenvalue weighted by Gasteiger charge is -2.14. The summed E-state index contributed by atoms with van der Waals surface area (Å²) in [5.41, 5.74) is 19.0. The molecule has 0 bridgehead atoms. The molecule has 0 aliphatic heterocycles. The van der Waals surface area contributed by atoms with E-state index < -0.39 is 5.91 Å². The molecule has 2 aromatic carbocycles. The van der Waals surface area contributed by atoms with Crippen LogP contribution in [0.1, 0.15) is 38.3 Å². The van der Waals surface area contributed by atoms with Crippen LogP contribution in [-0.2, 0) is 25.7 Å². The zero-order valence-electron chi connectivity index (χ0n) is 17.1. The molecular weight excluding hydrogens is 392 g/mol. The van der Waals surface area contributed by atoms with Gasteiger partial charge in [0.05, 0.1) is 0 Å². The van der Waals surface area contributed by atoms with Crippen molar-refractivity contribution in [3.8, 4) is 22.6 Å². The van der Waals surface area contributed by atoms with Crippen molar-refractivity contribution in [1.29, 1.82) is 0 Å². The number of hydrogen-bond acceptors (Lipinski definition) is 6. The van der Waals surface area contributed by atoms with Crippen LogP contribution in [-0.4, -0.2) is 16.2 Å². The van der Waals surface area contributed by atoms with Crippen molar-refractivity contribution in [1.82, 2.24) is 10.3 Å². The van der Waals surface area contributed by atoms with Crippen LogP contribution in [0.2, 0.25) is 0 Å². The molecule has 0 saturated heterocycles. The largest absolute Gasteiger partial charge is 0.381 e. The van der Waals surface area contributed by atoms with Gasteiger partial charge in [-0.3, -0.25) is 4.79 Å². The van der Waals surface area contributed by atoms with Crippen molar-refractivity contribution >= 4 is 11.7 Å². The number of nitrogens with two attached hydrogens (primary N) is 2. The number of nitrogen functional groups attached to an aromatic ring is 1. The molecule has 0 unspecified atom stereocenters. The predicted molar refractivity (Wildman–Crippen MR) is 116 cm³/mol. The van der Waals surface area contributed by atoms with Gasteiger partial charge in [-0.05, 0) is 49.8 Å². The standard InChI is InChI=1S/C13H12N2O2.C11H10N2O/c1-7-2-3-8-4-5-9-11(13(14)16)15-17-12(9)10(8)6-7;12-11-9-6-5-7-3-1-2-4-8(7)10(9)14-13-11/h2-3,6H,4-5H2,1H3,(H2,14,16);1-4H,5-6H2,(H2,12,13). The number of nitrogens with zero attached hydrogens (tertiary/aromatic N) is 2. The van der Waals surface area contributed by atoms with Gasteiger partial charge in [0, 0.05) is 22.3 Å². The second-order valence-corrected chi connectivity index (χ2v) is 7.90. The van der Waals surface area contributed by atoms with Crippen molar-refractivity contribution in [3.05, 3.63) is 76.0 Å². The van der Waals surface area contributed by atoms with E-state index in [1.54, 1.807) is 0 Å². The first-order valence-corrected chi connectivity index (χ1v) is 10.2. The minimum absolute atomic E-state index is 0.271. The van der Waals surface area contributed by atoms with E-state index in [9.17, 15) is 4.79 Å². The third-order valence-corrected chi connectivity index (χ3v) is 5.90. The number of fused-ring (bicyclic) bond motifs is 6. The number of hydrogen-bond donors (Lipinski definition) is 2. The molecule has 2 aliphatic carbocycles. The zero-order chi connectivity index (χ0) is 21.5. The first-order valence-electron chi connectivity index (χ1n) is 10.2. The molecule has 7 heteroatoms. The van der Waals surface area contributed by atoms with E-state index in [1.165, 1.54) is 11.1 Å². The number of primary amides is 1. The minimum Gasteiger partial charge on any atom is -0.381 e. The molecule has 2 aliphatic rings. The highest BCUT2D eigenvalue weighted by Gasteiger charge is 2.26. The third kappa shape index (κ3) is 3.28. The number of rotatable bonds is 1. The zero-order valence-corrected chi connectivity index (χ0v) is 17.1. The summed E-state index contributed by atoms with van der Waals surface area (Å²) in [6.45, 7) is 2.03. The maximum Gasteiger partial charge on any atom is 0.271 e. The van der Waals surface area contributed by atoms with Gasteiger partial charge in [-0.25, -0.2) is 0 Å². The number of anilines is 1. The van der Waals surface area contributed by atoms with Crippen LogP contribution in [0.15, 0.2) is 51.5 Å². The monoisotopic (exact) mass is 414 g/mol. The Morgan fingerprint density at radius 2 is 1.55 bits per heavy atom. The Morgan fingerprint density at radius 3 is 2.35 bits per heavy atom. The van der Waals surface area contributed by atoms with Gasteiger partial charge in [-0.1, -0.05) is 52.3 Å². The Balaban J connectivity index is 0.000000134. The van der Waals surface area contributed by atoms with Gasteiger partial charge >= 0.3 is 0 Å².